The minimum Gasteiger partial charge on any atom is -0.488 e. The summed E-state index contributed by atoms with van der Waals surface area (Å²) in [5.74, 6) is 0.109. The Hall–Kier alpha value is -4.55. The highest BCUT2D eigenvalue weighted by Gasteiger charge is 2.42. The number of halogens is 2. The van der Waals surface area contributed by atoms with Crippen molar-refractivity contribution in [2.75, 3.05) is 47.9 Å². The molecule has 0 radical (unpaired) electrons. The van der Waals surface area contributed by atoms with Crippen LogP contribution in [0.3, 0.4) is 0 Å². The van der Waals surface area contributed by atoms with E-state index in [0.29, 0.717) is 49.1 Å². The number of fused-ring (bicyclic) bond motifs is 7. The number of esters is 1. The Morgan fingerprint density at radius 1 is 0.808 bits per heavy atom. The van der Waals surface area contributed by atoms with Gasteiger partial charge in [0, 0.05) is 72.9 Å². The van der Waals surface area contributed by atoms with Crippen molar-refractivity contribution in [3.8, 4) is 23.0 Å². The highest BCUT2D eigenvalue weighted by Crippen LogP contribution is 2.51. The van der Waals surface area contributed by atoms with Crippen LogP contribution in [0.25, 0.3) is 21.5 Å². The second-order valence-corrected chi connectivity index (χ2v) is 14.7. The zero-order valence-electron chi connectivity index (χ0n) is 28.3. The van der Waals surface area contributed by atoms with Gasteiger partial charge >= 0.3 is 5.97 Å². The van der Waals surface area contributed by atoms with Gasteiger partial charge in [-0.05, 0) is 28.8 Å². The van der Waals surface area contributed by atoms with Crippen LogP contribution in [0.15, 0.2) is 60.7 Å². The lowest BCUT2D eigenvalue weighted by Crippen LogP contribution is -2.30. The number of nitrogens with zero attached hydrogens (tertiary/aromatic N) is 2. The van der Waals surface area contributed by atoms with Gasteiger partial charge in [0.1, 0.15) is 21.3 Å². The van der Waals surface area contributed by atoms with E-state index in [2.05, 4.69) is 0 Å². The molecule has 5 aromatic rings. The van der Waals surface area contributed by atoms with E-state index >= 15 is 0 Å². The normalized spacial score (nSPS) is 18.2. The molecule has 0 saturated heterocycles. The van der Waals surface area contributed by atoms with Gasteiger partial charge in [-0.25, -0.2) is 0 Å². The van der Waals surface area contributed by atoms with Crippen LogP contribution in [0.1, 0.15) is 62.6 Å². The summed E-state index contributed by atoms with van der Waals surface area (Å²) in [6, 6.07) is 18.7. The Balaban J connectivity index is 1.24. The van der Waals surface area contributed by atoms with Gasteiger partial charge in [-0.15, -0.1) is 34.5 Å². The smallest absolute Gasteiger partial charge is 0.308 e. The Kier molecular flexibility index (Phi) is 9.15. The molecule has 0 bridgehead atoms. The third-order valence-corrected chi connectivity index (χ3v) is 11.5. The van der Waals surface area contributed by atoms with Crippen molar-refractivity contribution in [1.29, 1.82) is 0 Å². The number of aliphatic hydroxyl groups is 1. The number of carbonyl (C=O) groups excluding carboxylic acids is 3. The van der Waals surface area contributed by atoms with Gasteiger partial charge in [-0.3, -0.25) is 14.4 Å². The van der Waals surface area contributed by atoms with E-state index in [1.165, 1.54) is 13.8 Å². The Bertz CT molecular complexity index is 2270. The molecule has 0 saturated carbocycles. The summed E-state index contributed by atoms with van der Waals surface area (Å²) in [5.41, 5.74) is 2.97. The number of ether oxygens (including phenoxy) is 4. The standard InChI is InChI=1S/C39H34Cl2N2O8S/c1-20(44)50-30-14-28-32(26-10-5-3-8-24(26)30)22(16-40)18-42(28)38(46)36-34-35(49-13-7-12-48-34)37(52-36)39(47)43-19-23(17-41)33-27-11-6-4-9-25(27)31(15-29(33)43)51-21(2)45/h3-6,8-11,14-15,20,22-23,44H,7,12-13,16-19H2,1-2H3. The molecule has 0 aliphatic carbocycles. The molecule has 3 aliphatic heterocycles. The summed E-state index contributed by atoms with van der Waals surface area (Å²) < 4.78 is 23.8. The SMILES string of the molecule is CC(=O)Oc1cc2c(c3ccccc13)C(CCl)CN2C(=O)c1sc(C(=O)N2CC(CCl)c3c2cc(OC(C)O)c2ccccc32)c2c1OCCCO2. The minimum atomic E-state index is -1.08. The lowest BCUT2D eigenvalue weighted by molar-refractivity contribution is -0.131. The van der Waals surface area contributed by atoms with E-state index in [0.717, 1.165) is 44.0 Å². The quantitative estimate of drug-likeness (QED) is 0.0773. The molecule has 4 heterocycles. The Morgan fingerprint density at radius 3 is 1.73 bits per heavy atom. The Morgan fingerprint density at radius 2 is 1.27 bits per heavy atom. The van der Waals surface area contributed by atoms with E-state index in [9.17, 15) is 19.5 Å². The minimum absolute atomic E-state index is 0.183. The average molecular weight is 762 g/mol. The van der Waals surface area contributed by atoms with Gasteiger partial charge in [-0.2, -0.15) is 0 Å². The predicted molar refractivity (Wildman–Crippen MR) is 202 cm³/mol. The first kappa shape index (κ1) is 34.5. The number of aliphatic hydroxyl groups excluding tert-OH is 1. The highest BCUT2D eigenvalue weighted by atomic mass is 35.5. The van der Waals surface area contributed by atoms with Crippen LogP contribution in [-0.2, 0) is 4.79 Å². The summed E-state index contributed by atoms with van der Waals surface area (Å²) in [7, 11) is 0. The molecule has 4 aromatic carbocycles. The van der Waals surface area contributed by atoms with Crippen LogP contribution in [0, 0.1) is 0 Å². The molecule has 1 aromatic heterocycles. The zero-order chi connectivity index (χ0) is 36.3. The predicted octanol–water partition coefficient (Wildman–Crippen LogP) is 7.82. The molecule has 3 atom stereocenters. The topological polar surface area (TPSA) is 115 Å². The fourth-order valence-corrected chi connectivity index (χ4v) is 9.17. The first-order valence-corrected chi connectivity index (χ1v) is 18.9. The van der Waals surface area contributed by atoms with Crippen LogP contribution >= 0.6 is 34.5 Å². The lowest BCUT2D eigenvalue weighted by Gasteiger charge is -2.20. The number of hydrogen-bond acceptors (Lipinski definition) is 9. The van der Waals surface area contributed by atoms with E-state index in [1.54, 1.807) is 21.9 Å². The van der Waals surface area contributed by atoms with Crippen LogP contribution in [0.4, 0.5) is 11.4 Å². The average Bonchev–Trinajstić information content (AvgIpc) is 3.76. The van der Waals surface area contributed by atoms with Crippen LogP contribution < -0.4 is 28.7 Å². The molecule has 8 rings (SSSR count). The van der Waals surface area contributed by atoms with Crippen molar-refractivity contribution in [3.05, 3.63) is 81.5 Å². The summed E-state index contributed by atoms with van der Waals surface area (Å²) in [6.07, 6.45) is -0.522. The molecule has 268 valence electrons. The maximum Gasteiger partial charge on any atom is 0.308 e. The molecule has 0 fully saturated rings. The van der Waals surface area contributed by atoms with E-state index in [-0.39, 0.29) is 63.2 Å². The fraction of sp³-hybridized carbons (Fsp3) is 0.308. The van der Waals surface area contributed by atoms with Crippen molar-refractivity contribution >= 4 is 85.2 Å². The van der Waals surface area contributed by atoms with E-state index in [4.69, 9.17) is 42.1 Å². The molecular weight excluding hydrogens is 727 g/mol. The molecule has 52 heavy (non-hydrogen) atoms. The third-order valence-electron chi connectivity index (χ3n) is 9.66. The number of thiophene rings is 1. The summed E-state index contributed by atoms with van der Waals surface area (Å²) in [6.45, 7) is 4.02. The van der Waals surface area contributed by atoms with Crippen molar-refractivity contribution in [3.63, 3.8) is 0 Å². The van der Waals surface area contributed by atoms with Crippen molar-refractivity contribution in [2.24, 2.45) is 0 Å². The van der Waals surface area contributed by atoms with E-state index in [1.807, 2.05) is 48.5 Å². The molecule has 10 nitrogen and oxygen atoms in total. The number of benzene rings is 4. The van der Waals surface area contributed by atoms with Gasteiger partial charge in [0.25, 0.3) is 11.8 Å². The lowest BCUT2D eigenvalue weighted by atomic mass is 9.95. The fourth-order valence-electron chi connectivity index (χ4n) is 7.58. The highest BCUT2D eigenvalue weighted by molar-refractivity contribution is 7.17. The number of anilines is 2. The van der Waals surface area contributed by atoms with Gasteiger partial charge in [0.2, 0.25) is 0 Å². The number of carbonyl (C=O) groups is 3. The second kappa shape index (κ2) is 13.8. The first-order valence-electron chi connectivity index (χ1n) is 17.0. The third kappa shape index (κ3) is 5.71. The summed E-state index contributed by atoms with van der Waals surface area (Å²) >= 11 is 14.1. The number of rotatable bonds is 7. The number of hydrogen-bond donors (Lipinski definition) is 1. The van der Waals surface area contributed by atoms with Crippen molar-refractivity contribution in [2.45, 2.75) is 38.4 Å². The maximum absolute atomic E-state index is 14.7. The van der Waals surface area contributed by atoms with Gasteiger partial charge in [0.05, 0.1) is 24.6 Å². The van der Waals surface area contributed by atoms with E-state index < -0.39 is 12.3 Å². The van der Waals surface area contributed by atoms with Crippen molar-refractivity contribution in [1.82, 2.24) is 0 Å². The summed E-state index contributed by atoms with van der Waals surface area (Å²) in [5, 5.41) is 13.4. The molecule has 13 heteroatoms. The number of amides is 2. The van der Waals surface area contributed by atoms with Crippen LogP contribution in [0.2, 0.25) is 0 Å². The maximum atomic E-state index is 14.7. The van der Waals surface area contributed by atoms with Gasteiger partial charge in [-0.1, -0.05) is 48.5 Å². The molecular formula is C39H34Cl2N2O8S. The molecule has 3 unspecified atom stereocenters. The van der Waals surface area contributed by atoms with Crippen molar-refractivity contribution < 1.29 is 38.4 Å². The molecule has 0 spiro atoms. The van der Waals surface area contributed by atoms with Crippen LogP contribution in [0.5, 0.6) is 23.0 Å². The van der Waals surface area contributed by atoms with Gasteiger partial charge < -0.3 is 33.9 Å². The number of alkyl halides is 2. The molecule has 3 aliphatic rings. The summed E-state index contributed by atoms with van der Waals surface area (Å²) in [4.78, 5) is 45.3. The molecule has 1 N–H and O–H groups in total. The zero-order valence-corrected chi connectivity index (χ0v) is 30.6. The van der Waals surface area contributed by atoms with Gasteiger partial charge in [0.15, 0.2) is 17.8 Å². The molecule has 2 amide bonds. The van der Waals surface area contributed by atoms with Crippen LogP contribution in [-0.4, -0.2) is 67.2 Å². The largest absolute Gasteiger partial charge is 0.488 e. The Labute approximate surface area is 313 Å². The second-order valence-electron chi connectivity index (χ2n) is 13.0. The monoisotopic (exact) mass is 760 g/mol. The first-order chi connectivity index (χ1) is 25.2.